The molecule has 0 radical (unpaired) electrons. The topological polar surface area (TPSA) is 149 Å². The Morgan fingerprint density at radius 1 is 1.23 bits per heavy atom. The minimum atomic E-state index is -2.94. The summed E-state index contributed by atoms with van der Waals surface area (Å²) >= 11 is 1.48. The molecule has 3 unspecified atom stereocenters. The zero-order valence-electron chi connectivity index (χ0n) is 22.4. The number of ether oxygens (including phenoxy) is 1. The summed E-state index contributed by atoms with van der Waals surface area (Å²) in [7, 11) is -2.94. The number of nitrogens with zero attached hydrogens (tertiary/aromatic N) is 3. The molecule has 0 aromatic heterocycles. The molecule has 2 aliphatic rings. The van der Waals surface area contributed by atoms with E-state index >= 15 is 0 Å². The number of carbonyl (C=O) groups excluding carboxylic acids is 3. The third-order valence-electron chi connectivity index (χ3n) is 6.71. The van der Waals surface area contributed by atoms with Gasteiger partial charge in [0.2, 0.25) is 11.8 Å². The van der Waals surface area contributed by atoms with Gasteiger partial charge < -0.3 is 25.2 Å². The summed E-state index contributed by atoms with van der Waals surface area (Å²) in [5.41, 5.74) is 1.46. The van der Waals surface area contributed by atoms with E-state index in [-0.39, 0.29) is 53.4 Å². The monoisotopic (exact) mass is 579 g/mol. The Morgan fingerprint density at radius 3 is 2.62 bits per heavy atom. The van der Waals surface area contributed by atoms with Crippen LogP contribution >= 0.6 is 11.8 Å². The number of benzene rings is 1. The van der Waals surface area contributed by atoms with Crippen molar-refractivity contribution in [3.63, 3.8) is 0 Å². The van der Waals surface area contributed by atoms with Crippen LogP contribution in [0.5, 0.6) is 0 Å². The Bertz CT molecular complexity index is 1160. The molecule has 2 amide bonds. The van der Waals surface area contributed by atoms with E-state index in [4.69, 9.17) is 4.74 Å². The minimum absolute atomic E-state index is 0.00201. The number of hydrogen-bond acceptors (Lipinski definition) is 10. The van der Waals surface area contributed by atoms with E-state index in [0.717, 1.165) is 5.69 Å². The molecular weight excluding hydrogens is 542 g/mol. The van der Waals surface area contributed by atoms with Crippen LogP contribution in [-0.4, -0.2) is 97.5 Å². The molecule has 3 atom stereocenters. The fourth-order valence-electron chi connectivity index (χ4n) is 4.54. The molecule has 1 aromatic rings. The van der Waals surface area contributed by atoms with Crippen LogP contribution < -0.4 is 10.6 Å². The van der Waals surface area contributed by atoms with Gasteiger partial charge in [-0.05, 0) is 38.5 Å². The molecule has 1 aromatic carbocycles. The molecule has 0 aliphatic carbocycles. The summed E-state index contributed by atoms with van der Waals surface area (Å²) in [6, 6.07) is 9.34. The Balaban J connectivity index is 1.45. The average Bonchev–Trinajstić information content (AvgIpc) is 3.20. The number of nitrogens with one attached hydrogen (secondary N) is 2. The normalized spacial score (nSPS) is 21.7. The molecule has 2 saturated heterocycles. The van der Waals surface area contributed by atoms with Crippen molar-refractivity contribution in [1.29, 1.82) is 5.26 Å². The molecule has 39 heavy (non-hydrogen) atoms. The smallest absolute Gasteiger partial charge is 0.323 e. The zero-order chi connectivity index (χ0) is 28.4. The average molecular weight is 580 g/mol. The molecule has 2 N–H and O–H groups in total. The SMILES string of the molecule is CCOC(=O)C(C#N)CC1SC(CCNc2cccc(NC(=O)CCN3CCS(=O)(=O)CC3)c2)C(=O)N1CC. The van der Waals surface area contributed by atoms with Crippen LogP contribution in [0.3, 0.4) is 0 Å². The highest BCUT2D eigenvalue weighted by Gasteiger charge is 2.41. The number of thioether (sulfide) groups is 1. The summed E-state index contributed by atoms with van der Waals surface area (Å²) in [4.78, 5) is 41.1. The second kappa shape index (κ2) is 14.5. The predicted molar refractivity (Wildman–Crippen MR) is 151 cm³/mol. The van der Waals surface area contributed by atoms with Crippen molar-refractivity contribution in [2.24, 2.45) is 5.92 Å². The van der Waals surface area contributed by atoms with Crippen molar-refractivity contribution in [2.45, 2.75) is 43.7 Å². The first-order valence-electron chi connectivity index (χ1n) is 13.2. The molecule has 0 bridgehead atoms. The number of amides is 2. The first-order chi connectivity index (χ1) is 18.7. The first kappa shape index (κ1) is 30.7. The van der Waals surface area contributed by atoms with E-state index < -0.39 is 21.7 Å². The molecule has 2 aliphatic heterocycles. The van der Waals surface area contributed by atoms with Crippen molar-refractivity contribution < 1.29 is 27.5 Å². The van der Waals surface area contributed by atoms with E-state index in [1.165, 1.54) is 11.8 Å². The van der Waals surface area contributed by atoms with Gasteiger partial charge in [-0.1, -0.05) is 6.07 Å². The van der Waals surface area contributed by atoms with Crippen LogP contribution in [0.15, 0.2) is 24.3 Å². The van der Waals surface area contributed by atoms with Crippen LogP contribution in [0.4, 0.5) is 11.4 Å². The van der Waals surface area contributed by atoms with E-state index in [1.54, 1.807) is 17.9 Å². The van der Waals surface area contributed by atoms with Gasteiger partial charge in [0.25, 0.3) is 0 Å². The molecule has 0 spiro atoms. The number of sulfone groups is 1. The Labute approximate surface area is 234 Å². The molecule has 2 fully saturated rings. The summed E-state index contributed by atoms with van der Waals surface area (Å²) in [6.45, 7) is 6.24. The van der Waals surface area contributed by atoms with Crippen molar-refractivity contribution in [3.05, 3.63) is 24.3 Å². The maximum Gasteiger partial charge on any atom is 0.323 e. The summed E-state index contributed by atoms with van der Waals surface area (Å²) in [5.74, 6) is -1.32. The Kier molecular flexibility index (Phi) is 11.4. The van der Waals surface area contributed by atoms with Crippen molar-refractivity contribution in [1.82, 2.24) is 9.80 Å². The standard InChI is InChI=1S/C26H37N5O6S2/c1-3-31-24(16-19(18-27)26(34)37-4-2)38-22(25(31)33)8-10-28-20-6-5-7-21(17-20)29-23(32)9-11-30-12-14-39(35,36)15-13-30/h5-7,17,19,22,24,28H,3-4,8-16H2,1-2H3,(H,29,32). The zero-order valence-corrected chi connectivity index (χ0v) is 24.1. The summed E-state index contributed by atoms with van der Waals surface area (Å²) in [5, 5.41) is 15.1. The highest BCUT2D eigenvalue weighted by Crippen LogP contribution is 2.37. The fraction of sp³-hybridized carbons (Fsp3) is 0.615. The van der Waals surface area contributed by atoms with E-state index in [9.17, 15) is 28.1 Å². The number of nitriles is 1. The van der Waals surface area contributed by atoms with Gasteiger partial charge in [0.05, 0.1) is 34.8 Å². The Morgan fingerprint density at radius 2 is 1.95 bits per heavy atom. The molecule has 2 heterocycles. The van der Waals surface area contributed by atoms with Gasteiger partial charge in [-0.25, -0.2) is 8.42 Å². The number of anilines is 2. The predicted octanol–water partition coefficient (Wildman–Crippen LogP) is 1.93. The van der Waals surface area contributed by atoms with Gasteiger partial charge in [0, 0.05) is 56.9 Å². The van der Waals surface area contributed by atoms with Crippen molar-refractivity contribution in [2.75, 3.05) is 61.5 Å². The number of esters is 1. The maximum absolute atomic E-state index is 12.9. The molecular formula is C26H37N5O6S2. The van der Waals surface area contributed by atoms with Crippen LogP contribution in [-0.2, 0) is 29.0 Å². The van der Waals surface area contributed by atoms with Gasteiger partial charge in [-0.3, -0.25) is 14.4 Å². The number of hydrogen-bond donors (Lipinski definition) is 2. The second-order valence-corrected chi connectivity index (χ2v) is 13.1. The lowest BCUT2D eigenvalue weighted by molar-refractivity contribution is -0.146. The second-order valence-electron chi connectivity index (χ2n) is 9.46. The summed E-state index contributed by atoms with van der Waals surface area (Å²) < 4.78 is 28.1. The third kappa shape index (κ3) is 9.12. The highest BCUT2D eigenvalue weighted by molar-refractivity contribution is 8.01. The molecule has 3 rings (SSSR count). The van der Waals surface area contributed by atoms with Crippen molar-refractivity contribution in [3.8, 4) is 6.07 Å². The van der Waals surface area contributed by atoms with E-state index in [1.807, 2.05) is 36.1 Å². The first-order valence-corrected chi connectivity index (χ1v) is 16.0. The van der Waals surface area contributed by atoms with Crippen molar-refractivity contribution >= 4 is 50.8 Å². The highest BCUT2D eigenvalue weighted by atomic mass is 32.2. The molecule has 13 heteroatoms. The van der Waals surface area contributed by atoms with Crippen LogP contribution in [0.1, 0.15) is 33.1 Å². The van der Waals surface area contributed by atoms with E-state index in [2.05, 4.69) is 10.6 Å². The fourth-order valence-corrected chi connectivity index (χ4v) is 7.40. The largest absolute Gasteiger partial charge is 0.465 e. The third-order valence-corrected chi connectivity index (χ3v) is 9.84. The van der Waals surface area contributed by atoms with Gasteiger partial charge in [0.1, 0.15) is 5.92 Å². The number of rotatable bonds is 13. The lowest BCUT2D eigenvalue weighted by Gasteiger charge is -2.26. The quantitative estimate of drug-likeness (QED) is 0.332. The Hall–Kier alpha value is -2.82. The van der Waals surface area contributed by atoms with E-state index in [0.29, 0.717) is 44.8 Å². The lowest BCUT2D eigenvalue weighted by Crippen LogP contribution is -2.41. The molecule has 214 valence electrons. The van der Waals surface area contributed by atoms with Gasteiger partial charge >= 0.3 is 5.97 Å². The number of carbonyl (C=O) groups is 3. The molecule has 0 saturated carbocycles. The van der Waals surface area contributed by atoms with Crippen LogP contribution in [0, 0.1) is 17.2 Å². The lowest BCUT2D eigenvalue weighted by atomic mass is 10.1. The van der Waals surface area contributed by atoms with Gasteiger partial charge in [0.15, 0.2) is 9.84 Å². The van der Waals surface area contributed by atoms with Gasteiger partial charge in [-0.15, -0.1) is 11.8 Å². The summed E-state index contributed by atoms with van der Waals surface area (Å²) in [6.07, 6.45) is 1.08. The van der Waals surface area contributed by atoms with Crippen LogP contribution in [0.2, 0.25) is 0 Å². The maximum atomic E-state index is 12.9. The van der Waals surface area contributed by atoms with Crippen LogP contribution in [0.25, 0.3) is 0 Å². The molecule has 11 nitrogen and oxygen atoms in total. The van der Waals surface area contributed by atoms with Gasteiger partial charge in [-0.2, -0.15) is 5.26 Å². The minimum Gasteiger partial charge on any atom is -0.465 e.